The Morgan fingerprint density at radius 2 is 2.20 bits per heavy atom. The van der Waals surface area contributed by atoms with Gasteiger partial charge in [0.15, 0.2) is 0 Å². The number of rotatable bonds is 2. The zero-order valence-electron chi connectivity index (χ0n) is 10.6. The number of carbonyl (C=O) groups is 2. The van der Waals surface area contributed by atoms with E-state index in [4.69, 9.17) is 21.1 Å². The highest BCUT2D eigenvalue weighted by Gasteiger charge is 2.36. The van der Waals surface area contributed by atoms with Crippen LogP contribution in [0.25, 0.3) is 10.1 Å². The van der Waals surface area contributed by atoms with Gasteiger partial charge in [-0.25, -0.2) is 9.59 Å². The van der Waals surface area contributed by atoms with Gasteiger partial charge in [0.25, 0.3) is 0 Å². The van der Waals surface area contributed by atoms with Gasteiger partial charge >= 0.3 is 11.9 Å². The molecule has 104 valence electrons. The van der Waals surface area contributed by atoms with Gasteiger partial charge in [-0.3, -0.25) is 0 Å². The van der Waals surface area contributed by atoms with Gasteiger partial charge in [-0.1, -0.05) is 29.8 Å². The van der Waals surface area contributed by atoms with Gasteiger partial charge in [-0.2, -0.15) is 0 Å². The van der Waals surface area contributed by atoms with E-state index in [0.717, 1.165) is 10.1 Å². The molecule has 0 unspecified atom stereocenters. The molecule has 0 aliphatic carbocycles. The van der Waals surface area contributed by atoms with Crippen molar-refractivity contribution in [3.63, 3.8) is 0 Å². The molecule has 1 fully saturated rings. The first kappa shape index (κ1) is 13.4. The first-order valence-corrected chi connectivity index (χ1v) is 7.34. The second kappa shape index (κ2) is 5.07. The van der Waals surface area contributed by atoms with Crippen molar-refractivity contribution in [1.29, 1.82) is 0 Å². The molecule has 1 aliphatic heterocycles. The molecule has 1 aliphatic rings. The van der Waals surface area contributed by atoms with Gasteiger partial charge in [0.2, 0.25) is 6.10 Å². The molecule has 1 aromatic carbocycles. The van der Waals surface area contributed by atoms with Gasteiger partial charge in [0, 0.05) is 16.5 Å². The lowest BCUT2D eigenvalue weighted by Crippen LogP contribution is -2.22. The molecule has 3 rings (SSSR count). The lowest BCUT2D eigenvalue weighted by atomic mass is 10.2. The monoisotopic (exact) mass is 310 g/mol. The molecule has 1 aromatic heterocycles. The Hall–Kier alpha value is -1.59. The predicted molar refractivity (Wildman–Crippen MR) is 76.2 cm³/mol. The summed E-state index contributed by atoms with van der Waals surface area (Å²) >= 11 is 7.45. The van der Waals surface area contributed by atoms with Crippen LogP contribution in [0.15, 0.2) is 24.3 Å². The van der Waals surface area contributed by atoms with E-state index < -0.39 is 18.0 Å². The number of cyclic esters (lactones) is 1. The molecule has 2 heterocycles. The third kappa shape index (κ3) is 2.27. The highest BCUT2D eigenvalue weighted by Crippen LogP contribution is 2.36. The topological polar surface area (TPSA) is 52.6 Å². The Balaban J connectivity index is 1.86. The van der Waals surface area contributed by atoms with E-state index in [2.05, 4.69) is 0 Å². The van der Waals surface area contributed by atoms with E-state index in [9.17, 15) is 9.59 Å². The number of fused-ring (bicyclic) bond motifs is 1. The number of thiophene rings is 1. The normalized spacial score (nSPS) is 22.0. The van der Waals surface area contributed by atoms with E-state index in [1.165, 1.54) is 11.3 Å². The molecule has 0 bridgehead atoms. The van der Waals surface area contributed by atoms with Crippen LogP contribution in [0.4, 0.5) is 0 Å². The van der Waals surface area contributed by atoms with Crippen LogP contribution in [0, 0.1) is 0 Å². The zero-order chi connectivity index (χ0) is 14.3. The van der Waals surface area contributed by atoms with Crippen LogP contribution >= 0.6 is 22.9 Å². The number of benzene rings is 1. The molecule has 0 N–H and O–H groups in total. The standard InChI is InChI=1S/C14H11ClO4S/c1-7-6-9(13(16)18-7)19-14(17)12-11(15)8-4-2-3-5-10(8)20-12/h2-5,7,9H,6H2,1H3/t7-,9-/m1/s1. The van der Waals surface area contributed by atoms with Crippen LogP contribution in [-0.4, -0.2) is 24.1 Å². The smallest absolute Gasteiger partial charge is 0.350 e. The third-order valence-electron chi connectivity index (χ3n) is 3.10. The molecule has 0 saturated carbocycles. The number of carbonyl (C=O) groups excluding carboxylic acids is 2. The van der Waals surface area contributed by atoms with Crippen LogP contribution in [0.3, 0.4) is 0 Å². The van der Waals surface area contributed by atoms with Crippen LogP contribution in [0.1, 0.15) is 23.0 Å². The molecule has 0 amide bonds. The number of halogens is 1. The van der Waals surface area contributed by atoms with E-state index in [1.54, 1.807) is 6.92 Å². The first-order chi connectivity index (χ1) is 9.56. The quantitative estimate of drug-likeness (QED) is 0.798. The molecule has 2 aromatic rings. The Labute approximate surface area is 124 Å². The summed E-state index contributed by atoms with van der Waals surface area (Å²) in [7, 11) is 0. The molecule has 20 heavy (non-hydrogen) atoms. The molecule has 0 spiro atoms. The minimum absolute atomic E-state index is 0.224. The Kier molecular flexibility index (Phi) is 3.40. The van der Waals surface area contributed by atoms with Crippen molar-refractivity contribution < 1.29 is 19.1 Å². The summed E-state index contributed by atoms with van der Waals surface area (Å²) in [6.45, 7) is 1.76. The predicted octanol–water partition coefficient (Wildman–Crippen LogP) is 3.42. The van der Waals surface area contributed by atoms with Crippen LogP contribution in [-0.2, 0) is 14.3 Å². The van der Waals surface area contributed by atoms with Crippen molar-refractivity contribution in [3.05, 3.63) is 34.2 Å². The van der Waals surface area contributed by atoms with Gasteiger partial charge in [0.05, 0.1) is 5.02 Å². The van der Waals surface area contributed by atoms with Crippen molar-refractivity contribution in [2.24, 2.45) is 0 Å². The average molecular weight is 311 g/mol. The third-order valence-corrected chi connectivity index (χ3v) is 4.75. The highest BCUT2D eigenvalue weighted by molar-refractivity contribution is 7.21. The summed E-state index contributed by atoms with van der Waals surface area (Å²) in [4.78, 5) is 23.9. The Morgan fingerprint density at radius 3 is 2.85 bits per heavy atom. The Morgan fingerprint density at radius 1 is 1.45 bits per heavy atom. The second-order valence-electron chi connectivity index (χ2n) is 4.62. The lowest BCUT2D eigenvalue weighted by Gasteiger charge is -2.06. The lowest BCUT2D eigenvalue weighted by molar-refractivity contribution is -0.147. The molecule has 6 heteroatoms. The number of hydrogen-bond acceptors (Lipinski definition) is 5. The van der Waals surface area contributed by atoms with Crippen molar-refractivity contribution >= 4 is 45.0 Å². The summed E-state index contributed by atoms with van der Waals surface area (Å²) in [6.07, 6.45) is -0.676. The van der Waals surface area contributed by atoms with Gasteiger partial charge in [-0.15, -0.1) is 11.3 Å². The van der Waals surface area contributed by atoms with E-state index in [1.807, 2.05) is 24.3 Å². The maximum Gasteiger partial charge on any atom is 0.350 e. The maximum absolute atomic E-state index is 12.1. The minimum Gasteiger partial charge on any atom is -0.460 e. The van der Waals surface area contributed by atoms with Crippen molar-refractivity contribution in [2.45, 2.75) is 25.6 Å². The molecule has 1 saturated heterocycles. The summed E-state index contributed by atoms with van der Waals surface area (Å²) in [5, 5.41) is 1.18. The fourth-order valence-corrected chi connectivity index (χ4v) is 3.54. The zero-order valence-corrected chi connectivity index (χ0v) is 12.2. The molecule has 0 radical (unpaired) electrons. The molecular weight excluding hydrogens is 300 g/mol. The van der Waals surface area contributed by atoms with Gasteiger partial charge in [-0.05, 0) is 13.0 Å². The first-order valence-electron chi connectivity index (χ1n) is 6.15. The van der Waals surface area contributed by atoms with E-state index in [0.29, 0.717) is 16.3 Å². The summed E-state index contributed by atoms with van der Waals surface area (Å²) in [5.41, 5.74) is 0. The Bertz CT molecular complexity index is 694. The van der Waals surface area contributed by atoms with Gasteiger partial charge < -0.3 is 9.47 Å². The molecule has 2 atom stereocenters. The van der Waals surface area contributed by atoms with E-state index in [-0.39, 0.29) is 6.10 Å². The van der Waals surface area contributed by atoms with E-state index >= 15 is 0 Å². The fourth-order valence-electron chi connectivity index (χ4n) is 2.14. The summed E-state index contributed by atoms with van der Waals surface area (Å²) in [6, 6.07) is 7.46. The average Bonchev–Trinajstić information content (AvgIpc) is 2.91. The van der Waals surface area contributed by atoms with Crippen LogP contribution in [0.5, 0.6) is 0 Å². The number of ether oxygens (including phenoxy) is 2. The molecule has 4 nitrogen and oxygen atoms in total. The second-order valence-corrected chi connectivity index (χ2v) is 6.05. The number of esters is 2. The van der Waals surface area contributed by atoms with Crippen molar-refractivity contribution in [1.82, 2.24) is 0 Å². The summed E-state index contributed by atoms with van der Waals surface area (Å²) < 4.78 is 11.1. The minimum atomic E-state index is -0.834. The number of hydrogen-bond donors (Lipinski definition) is 0. The fraction of sp³-hybridized carbons (Fsp3) is 0.286. The SMILES string of the molecule is C[C@@H]1C[C@@H](OC(=O)c2sc3ccccc3c2Cl)C(=O)O1. The van der Waals surface area contributed by atoms with Crippen molar-refractivity contribution in [2.75, 3.05) is 0 Å². The van der Waals surface area contributed by atoms with Gasteiger partial charge in [0.1, 0.15) is 11.0 Å². The molecular formula is C14H11ClO4S. The highest BCUT2D eigenvalue weighted by atomic mass is 35.5. The van der Waals surface area contributed by atoms with Crippen molar-refractivity contribution in [3.8, 4) is 0 Å². The maximum atomic E-state index is 12.1. The largest absolute Gasteiger partial charge is 0.460 e. The van der Waals surface area contributed by atoms with Crippen LogP contribution in [0.2, 0.25) is 5.02 Å². The summed E-state index contributed by atoms with van der Waals surface area (Å²) in [5.74, 6) is -1.07. The van der Waals surface area contributed by atoms with Crippen LogP contribution < -0.4 is 0 Å².